The molecule has 2 amide bonds. The number of nitrogens with zero attached hydrogens (tertiary/aromatic N) is 6. The molecule has 0 aliphatic carbocycles. The first-order valence-corrected chi connectivity index (χ1v) is 10.2. The van der Waals surface area contributed by atoms with Crippen LogP contribution in [0.5, 0.6) is 0 Å². The summed E-state index contributed by atoms with van der Waals surface area (Å²) >= 11 is 1.36. The number of thioether (sulfide) groups is 1. The van der Waals surface area contributed by atoms with E-state index in [0.29, 0.717) is 23.1 Å². The monoisotopic (exact) mass is 416 g/mol. The van der Waals surface area contributed by atoms with Crippen LogP contribution in [0.3, 0.4) is 0 Å². The lowest BCUT2D eigenvalue weighted by atomic mass is 10.3. The van der Waals surface area contributed by atoms with E-state index in [0.717, 1.165) is 11.4 Å². The predicted octanol–water partition coefficient (Wildman–Crippen LogP) is 1.26. The molecule has 11 heteroatoms. The summed E-state index contributed by atoms with van der Waals surface area (Å²) in [6, 6.07) is 9.25. The fraction of sp³-hybridized carbons (Fsp3) is 0.389. The summed E-state index contributed by atoms with van der Waals surface area (Å²) in [5.74, 6) is 0.560. The number of aromatic nitrogens is 6. The van der Waals surface area contributed by atoms with Crippen LogP contribution in [0.1, 0.15) is 19.5 Å². The Bertz CT molecular complexity index is 1040. The van der Waals surface area contributed by atoms with Gasteiger partial charge in [-0.2, -0.15) is 4.68 Å². The van der Waals surface area contributed by atoms with Gasteiger partial charge in [0.1, 0.15) is 0 Å². The zero-order chi connectivity index (χ0) is 21.0. The van der Waals surface area contributed by atoms with Crippen molar-refractivity contribution in [3.63, 3.8) is 0 Å². The highest BCUT2D eigenvalue weighted by Crippen LogP contribution is 2.19. The molecule has 3 rings (SSSR count). The summed E-state index contributed by atoms with van der Waals surface area (Å²) in [5.41, 5.74) is 1.69. The topological polar surface area (TPSA) is 112 Å². The number of tetrazole rings is 1. The van der Waals surface area contributed by atoms with Gasteiger partial charge < -0.3 is 10.6 Å². The number of hydrogen-bond acceptors (Lipinski definition) is 6. The largest absolute Gasteiger partial charge is 0.337 e. The van der Waals surface area contributed by atoms with Crippen LogP contribution in [0.2, 0.25) is 0 Å². The van der Waals surface area contributed by atoms with E-state index < -0.39 is 0 Å². The Hall–Kier alpha value is -3.08. The van der Waals surface area contributed by atoms with E-state index in [1.54, 1.807) is 9.36 Å². The van der Waals surface area contributed by atoms with Gasteiger partial charge in [0.05, 0.1) is 11.4 Å². The van der Waals surface area contributed by atoms with E-state index in [9.17, 15) is 9.59 Å². The van der Waals surface area contributed by atoms with Crippen LogP contribution < -0.4 is 16.2 Å². The van der Waals surface area contributed by atoms with Gasteiger partial charge in [0, 0.05) is 25.4 Å². The molecule has 154 valence electrons. The minimum Gasteiger partial charge on any atom is -0.337 e. The quantitative estimate of drug-likeness (QED) is 0.443. The maximum Gasteiger partial charge on any atom is 0.315 e. The smallest absolute Gasteiger partial charge is 0.315 e. The van der Waals surface area contributed by atoms with Crippen LogP contribution in [0.25, 0.3) is 11.4 Å². The molecule has 1 aromatic carbocycles. The third-order valence-corrected chi connectivity index (χ3v) is 5.14. The average Bonchev–Trinajstić information content (AvgIpc) is 3.21. The third kappa shape index (κ3) is 4.50. The second-order valence-electron chi connectivity index (χ2n) is 6.69. The van der Waals surface area contributed by atoms with Gasteiger partial charge in [-0.15, -0.1) is 5.10 Å². The molecule has 2 N–H and O–H groups in total. The number of para-hydroxylation sites is 1. The highest BCUT2D eigenvalue weighted by atomic mass is 32.2. The van der Waals surface area contributed by atoms with Crippen LogP contribution in [0.4, 0.5) is 4.79 Å². The number of carbonyl (C=O) groups is 1. The zero-order valence-electron chi connectivity index (χ0n) is 16.8. The molecule has 29 heavy (non-hydrogen) atoms. The van der Waals surface area contributed by atoms with Crippen molar-refractivity contribution in [2.75, 3.05) is 12.3 Å². The van der Waals surface area contributed by atoms with Crippen LogP contribution in [-0.2, 0) is 7.05 Å². The van der Waals surface area contributed by atoms with Gasteiger partial charge in [-0.3, -0.25) is 9.48 Å². The van der Waals surface area contributed by atoms with Gasteiger partial charge in [0.25, 0.3) is 5.56 Å². The Morgan fingerprint density at radius 3 is 2.66 bits per heavy atom. The molecule has 0 fully saturated rings. The molecule has 2 aromatic heterocycles. The van der Waals surface area contributed by atoms with Crippen LogP contribution in [0.15, 0.2) is 40.3 Å². The van der Waals surface area contributed by atoms with Crippen molar-refractivity contribution in [2.45, 2.75) is 32.0 Å². The Morgan fingerprint density at radius 1 is 1.24 bits per heavy atom. The highest BCUT2D eigenvalue weighted by Gasteiger charge is 2.21. The van der Waals surface area contributed by atoms with Crippen molar-refractivity contribution >= 4 is 17.8 Å². The first-order valence-electron chi connectivity index (χ1n) is 9.20. The summed E-state index contributed by atoms with van der Waals surface area (Å²) in [5, 5.41) is 17.8. The standard InChI is InChI=1S/C18H24N8O2S/c1-12(2)20-17(28)19-10-11-29-18-21-22-23-25(18)15-13(3)24(4)26(16(15)27)14-8-6-5-7-9-14/h5-9,12H,10-11H2,1-4H3,(H2,19,20,28). The molecule has 2 heterocycles. The molecule has 10 nitrogen and oxygen atoms in total. The number of carbonyl (C=O) groups excluding carboxylic acids is 1. The normalized spacial score (nSPS) is 11.1. The second-order valence-corrected chi connectivity index (χ2v) is 7.75. The van der Waals surface area contributed by atoms with E-state index in [1.807, 2.05) is 58.2 Å². The first-order chi connectivity index (χ1) is 13.9. The number of nitrogens with one attached hydrogen (secondary N) is 2. The van der Waals surface area contributed by atoms with Crippen molar-refractivity contribution in [1.29, 1.82) is 0 Å². The van der Waals surface area contributed by atoms with Gasteiger partial charge in [-0.05, 0) is 43.3 Å². The van der Waals surface area contributed by atoms with Crippen molar-refractivity contribution in [2.24, 2.45) is 7.05 Å². The first kappa shape index (κ1) is 20.6. The molecular weight excluding hydrogens is 392 g/mol. The molecule has 0 unspecified atom stereocenters. The lowest BCUT2D eigenvalue weighted by molar-refractivity contribution is 0.239. The number of benzene rings is 1. The fourth-order valence-electron chi connectivity index (χ4n) is 2.83. The number of hydrogen-bond donors (Lipinski definition) is 2. The summed E-state index contributed by atoms with van der Waals surface area (Å²) in [6.45, 7) is 6.09. The summed E-state index contributed by atoms with van der Waals surface area (Å²) in [6.07, 6.45) is 0. The Labute approximate surface area is 172 Å². The number of urea groups is 1. The molecule has 0 saturated heterocycles. The highest BCUT2D eigenvalue weighted by molar-refractivity contribution is 7.99. The van der Waals surface area contributed by atoms with Crippen LogP contribution in [-0.4, -0.2) is 53.9 Å². The van der Waals surface area contributed by atoms with E-state index in [4.69, 9.17) is 0 Å². The summed E-state index contributed by atoms with van der Waals surface area (Å²) < 4.78 is 4.81. The molecule has 0 spiro atoms. The summed E-state index contributed by atoms with van der Waals surface area (Å²) in [7, 11) is 1.82. The molecule has 0 radical (unpaired) electrons. The van der Waals surface area contributed by atoms with E-state index in [-0.39, 0.29) is 17.6 Å². The molecule has 3 aromatic rings. The van der Waals surface area contributed by atoms with Gasteiger partial charge >= 0.3 is 6.03 Å². The van der Waals surface area contributed by atoms with Gasteiger partial charge in [-0.1, -0.05) is 30.0 Å². The van der Waals surface area contributed by atoms with Gasteiger partial charge in [-0.25, -0.2) is 9.48 Å². The Balaban J connectivity index is 1.79. The summed E-state index contributed by atoms with van der Waals surface area (Å²) in [4.78, 5) is 24.8. The SMILES string of the molecule is Cc1c(-n2nnnc2SCCNC(=O)NC(C)C)c(=O)n(-c2ccccc2)n1C. The van der Waals surface area contributed by atoms with Crippen molar-refractivity contribution < 1.29 is 4.79 Å². The average molecular weight is 417 g/mol. The predicted molar refractivity (Wildman–Crippen MR) is 111 cm³/mol. The van der Waals surface area contributed by atoms with Crippen LogP contribution >= 0.6 is 11.8 Å². The van der Waals surface area contributed by atoms with Crippen molar-refractivity contribution in [3.8, 4) is 11.4 Å². The molecule has 0 aliphatic rings. The third-order valence-electron chi connectivity index (χ3n) is 4.22. The van der Waals surface area contributed by atoms with Crippen LogP contribution in [0, 0.1) is 6.92 Å². The van der Waals surface area contributed by atoms with E-state index in [2.05, 4.69) is 26.2 Å². The number of rotatable bonds is 7. The molecular formula is C18H24N8O2S. The van der Waals surface area contributed by atoms with Gasteiger partial charge in [0.2, 0.25) is 5.16 Å². The molecule has 0 bridgehead atoms. The Morgan fingerprint density at radius 2 is 1.97 bits per heavy atom. The number of amides is 2. The molecule has 0 aliphatic heterocycles. The second kappa shape index (κ2) is 8.95. The maximum atomic E-state index is 13.1. The lowest BCUT2D eigenvalue weighted by Crippen LogP contribution is -2.40. The minimum absolute atomic E-state index is 0.0720. The zero-order valence-corrected chi connectivity index (χ0v) is 17.6. The van der Waals surface area contributed by atoms with Gasteiger partial charge in [0.15, 0.2) is 5.69 Å². The van der Waals surface area contributed by atoms with Crippen molar-refractivity contribution in [3.05, 3.63) is 46.4 Å². The Kier molecular flexibility index (Phi) is 6.37. The maximum absolute atomic E-state index is 13.1. The van der Waals surface area contributed by atoms with E-state index in [1.165, 1.54) is 16.4 Å². The minimum atomic E-state index is -0.218. The molecule has 0 saturated carbocycles. The molecule has 0 atom stereocenters. The lowest BCUT2D eigenvalue weighted by Gasteiger charge is -2.09. The van der Waals surface area contributed by atoms with Crippen molar-refractivity contribution in [1.82, 2.24) is 40.2 Å². The van der Waals surface area contributed by atoms with E-state index >= 15 is 0 Å². The fourth-order valence-corrected chi connectivity index (χ4v) is 3.56.